The van der Waals surface area contributed by atoms with Gasteiger partial charge in [0, 0.05) is 18.3 Å². The van der Waals surface area contributed by atoms with Crippen LogP contribution in [0.2, 0.25) is 0 Å². The summed E-state index contributed by atoms with van der Waals surface area (Å²) in [6, 6.07) is 0. The Balaban J connectivity index is 2.11. The van der Waals surface area contributed by atoms with Gasteiger partial charge in [-0.1, -0.05) is 6.92 Å². The summed E-state index contributed by atoms with van der Waals surface area (Å²) in [5.74, 6) is -0.491. The number of alkyl halides is 1. The van der Waals surface area contributed by atoms with Gasteiger partial charge in [0.1, 0.15) is 12.3 Å². The molecule has 0 saturated carbocycles. The van der Waals surface area contributed by atoms with E-state index in [2.05, 4.69) is 20.6 Å². The number of nitrogen functional groups attached to an aromatic ring is 1. The minimum absolute atomic E-state index is 0.190. The molecule has 1 fully saturated rings. The Kier molecular flexibility index (Phi) is 3.71. The van der Waals surface area contributed by atoms with Crippen LogP contribution in [0, 0.1) is 5.82 Å². The lowest BCUT2D eigenvalue weighted by molar-refractivity contribution is 0.143. The molecule has 1 saturated heterocycles. The van der Waals surface area contributed by atoms with E-state index in [1.54, 1.807) is 6.20 Å². The molecule has 4 N–H and O–H groups in total. The summed E-state index contributed by atoms with van der Waals surface area (Å²) in [5, 5.41) is 5.78. The van der Waals surface area contributed by atoms with Crippen molar-refractivity contribution in [2.24, 2.45) is 0 Å². The third kappa shape index (κ3) is 2.56. The van der Waals surface area contributed by atoms with Gasteiger partial charge in [0.15, 0.2) is 17.5 Å². The molecule has 0 radical (unpaired) electrons. The zero-order valence-corrected chi connectivity index (χ0v) is 9.95. The monoisotopic (exact) mass is 255 g/mol. The van der Waals surface area contributed by atoms with Crippen LogP contribution < -0.4 is 16.4 Å². The summed E-state index contributed by atoms with van der Waals surface area (Å²) in [7, 11) is 0. The van der Waals surface area contributed by atoms with Gasteiger partial charge >= 0.3 is 0 Å². The van der Waals surface area contributed by atoms with E-state index in [9.17, 15) is 8.78 Å². The Labute approximate surface area is 104 Å². The molecule has 1 aliphatic heterocycles. The summed E-state index contributed by atoms with van der Waals surface area (Å²) in [6.07, 6.45) is 2.00. The summed E-state index contributed by atoms with van der Waals surface area (Å²) in [5.41, 5.74) is 6.12. The molecule has 2 rings (SSSR count). The van der Waals surface area contributed by atoms with Crippen LogP contribution >= 0.6 is 0 Å². The number of nitrogens with zero attached hydrogens (tertiary/aromatic N) is 2. The largest absolute Gasteiger partial charge is 0.381 e. The fraction of sp³-hybridized carbons (Fsp3) is 0.455. The van der Waals surface area contributed by atoms with Crippen LogP contribution in [-0.2, 0) is 0 Å². The average Bonchev–Trinajstić information content (AvgIpc) is 2.36. The molecule has 5 nitrogen and oxygen atoms in total. The van der Waals surface area contributed by atoms with Crippen molar-refractivity contribution < 1.29 is 8.78 Å². The van der Waals surface area contributed by atoms with E-state index in [1.165, 1.54) is 0 Å². The van der Waals surface area contributed by atoms with Crippen molar-refractivity contribution in [1.29, 1.82) is 0 Å². The van der Waals surface area contributed by atoms with Crippen LogP contribution in [0.4, 0.5) is 14.6 Å². The van der Waals surface area contributed by atoms with Crippen molar-refractivity contribution >= 4 is 11.4 Å². The molecule has 7 heteroatoms. The summed E-state index contributed by atoms with van der Waals surface area (Å²) < 4.78 is 26.0. The molecule has 1 aliphatic rings. The van der Waals surface area contributed by atoms with Crippen molar-refractivity contribution in [3.05, 3.63) is 24.0 Å². The lowest BCUT2D eigenvalue weighted by Crippen LogP contribution is -2.61. The van der Waals surface area contributed by atoms with Crippen LogP contribution in [0.5, 0.6) is 0 Å². The van der Waals surface area contributed by atoms with Crippen LogP contribution in [-0.4, -0.2) is 28.9 Å². The van der Waals surface area contributed by atoms with E-state index in [1.807, 2.05) is 6.92 Å². The SMILES string of the molecule is CC/C(=C\NC1NC[C@@H]1F)c1ncc(F)c(N)n1. The Morgan fingerprint density at radius 1 is 1.72 bits per heavy atom. The van der Waals surface area contributed by atoms with Crippen molar-refractivity contribution in [1.82, 2.24) is 20.6 Å². The number of halogens is 2. The van der Waals surface area contributed by atoms with Gasteiger partial charge in [-0.3, -0.25) is 5.32 Å². The number of nitrogens with two attached hydrogens (primary N) is 1. The highest BCUT2D eigenvalue weighted by Crippen LogP contribution is 2.16. The van der Waals surface area contributed by atoms with E-state index < -0.39 is 12.0 Å². The van der Waals surface area contributed by atoms with Gasteiger partial charge in [-0.05, 0) is 6.42 Å². The molecule has 18 heavy (non-hydrogen) atoms. The molecule has 0 amide bonds. The molecule has 98 valence electrons. The first-order chi connectivity index (χ1) is 8.61. The molecule has 1 unspecified atom stereocenters. The number of rotatable bonds is 4. The first kappa shape index (κ1) is 12.7. The molecule has 2 atom stereocenters. The first-order valence-electron chi connectivity index (χ1n) is 5.72. The molecule has 0 aliphatic carbocycles. The maximum atomic E-state index is 13.0. The predicted molar refractivity (Wildman–Crippen MR) is 64.5 cm³/mol. The van der Waals surface area contributed by atoms with Gasteiger partial charge < -0.3 is 11.1 Å². The fourth-order valence-corrected chi connectivity index (χ4v) is 1.54. The number of hydrogen-bond acceptors (Lipinski definition) is 5. The predicted octanol–water partition coefficient (Wildman–Crippen LogP) is 0.806. The Bertz CT molecular complexity index is 463. The molecule has 0 aromatic carbocycles. The molecule has 1 aromatic heterocycles. The maximum absolute atomic E-state index is 13.0. The maximum Gasteiger partial charge on any atom is 0.183 e. The van der Waals surface area contributed by atoms with Crippen LogP contribution in [0.25, 0.3) is 5.57 Å². The smallest absolute Gasteiger partial charge is 0.183 e. The first-order valence-corrected chi connectivity index (χ1v) is 5.72. The highest BCUT2D eigenvalue weighted by Gasteiger charge is 2.28. The van der Waals surface area contributed by atoms with Crippen LogP contribution in [0.3, 0.4) is 0 Å². The second-order valence-electron chi connectivity index (χ2n) is 4.02. The molecular weight excluding hydrogens is 240 g/mol. The molecular formula is C11H15F2N5. The standard InChI is InChI=1S/C11H15F2N5/c1-2-6(3-15-11-8(13)5-17-11)10-16-4-7(12)9(14)18-10/h3-4,8,11,15,17H,2,5H2,1H3,(H2,14,16,18)/b6-3+/t8-,11?/m0/s1. The summed E-state index contributed by atoms with van der Waals surface area (Å²) in [4.78, 5) is 7.72. The van der Waals surface area contributed by atoms with Gasteiger partial charge in [-0.2, -0.15) is 0 Å². The molecule has 0 spiro atoms. The normalized spacial score (nSPS) is 23.6. The minimum atomic E-state index is -0.904. The van der Waals surface area contributed by atoms with E-state index >= 15 is 0 Å². The van der Waals surface area contributed by atoms with Gasteiger partial charge in [0.05, 0.1) is 6.20 Å². The zero-order chi connectivity index (χ0) is 13.1. The van der Waals surface area contributed by atoms with E-state index in [4.69, 9.17) is 5.73 Å². The van der Waals surface area contributed by atoms with Crippen LogP contribution in [0.15, 0.2) is 12.4 Å². The third-order valence-electron chi connectivity index (χ3n) is 2.77. The fourth-order valence-electron chi connectivity index (χ4n) is 1.54. The van der Waals surface area contributed by atoms with Gasteiger partial charge in [-0.25, -0.2) is 18.7 Å². The van der Waals surface area contributed by atoms with Gasteiger partial charge in [0.25, 0.3) is 0 Å². The molecule has 0 bridgehead atoms. The summed E-state index contributed by atoms with van der Waals surface area (Å²) in [6.45, 7) is 2.25. The zero-order valence-electron chi connectivity index (χ0n) is 9.95. The molecule has 2 heterocycles. The second-order valence-corrected chi connectivity index (χ2v) is 4.02. The number of hydrogen-bond donors (Lipinski definition) is 3. The molecule has 1 aromatic rings. The number of anilines is 1. The van der Waals surface area contributed by atoms with Gasteiger partial charge in [-0.15, -0.1) is 0 Å². The number of allylic oxidation sites excluding steroid dienone is 1. The Morgan fingerprint density at radius 2 is 2.50 bits per heavy atom. The lowest BCUT2D eigenvalue weighted by Gasteiger charge is -2.32. The van der Waals surface area contributed by atoms with Crippen molar-refractivity contribution in [3.8, 4) is 0 Å². The number of nitrogens with one attached hydrogen (secondary N) is 2. The highest BCUT2D eigenvalue weighted by molar-refractivity contribution is 5.60. The number of aromatic nitrogens is 2. The quantitative estimate of drug-likeness (QED) is 0.742. The summed E-state index contributed by atoms with van der Waals surface area (Å²) >= 11 is 0. The highest BCUT2D eigenvalue weighted by atomic mass is 19.1. The van der Waals surface area contributed by atoms with E-state index in [-0.39, 0.29) is 12.0 Å². The minimum Gasteiger partial charge on any atom is -0.381 e. The average molecular weight is 255 g/mol. The van der Waals surface area contributed by atoms with Crippen molar-refractivity contribution in [2.45, 2.75) is 25.7 Å². The van der Waals surface area contributed by atoms with Crippen molar-refractivity contribution in [2.75, 3.05) is 12.3 Å². The van der Waals surface area contributed by atoms with Crippen LogP contribution in [0.1, 0.15) is 19.2 Å². The second kappa shape index (κ2) is 5.26. The van der Waals surface area contributed by atoms with Gasteiger partial charge in [0.2, 0.25) is 0 Å². The van der Waals surface area contributed by atoms with E-state index in [0.717, 1.165) is 11.8 Å². The van der Waals surface area contributed by atoms with E-state index in [0.29, 0.717) is 18.8 Å². The Morgan fingerprint density at radius 3 is 3.00 bits per heavy atom. The topological polar surface area (TPSA) is 75.9 Å². The third-order valence-corrected chi connectivity index (χ3v) is 2.77. The lowest BCUT2D eigenvalue weighted by atomic mass is 10.1. The van der Waals surface area contributed by atoms with Crippen molar-refractivity contribution in [3.63, 3.8) is 0 Å². The Hall–Kier alpha value is -1.76.